The zero-order valence-corrected chi connectivity index (χ0v) is 10.3. The van der Waals surface area contributed by atoms with E-state index in [0.717, 1.165) is 20.1 Å². The Balaban J connectivity index is 2.87. The molecule has 0 N–H and O–H groups in total. The highest BCUT2D eigenvalue weighted by molar-refractivity contribution is 14.1. The van der Waals surface area contributed by atoms with Crippen molar-refractivity contribution in [2.45, 2.75) is 0 Å². The second-order valence-electron chi connectivity index (χ2n) is 2.82. The number of aromatic nitrogens is 1. The van der Waals surface area contributed by atoms with Crippen LogP contribution in [-0.4, -0.2) is 12.1 Å². The van der Waals surface area contributed by atoms with E-state index in [1.165, 1.54) is 0 Å². The predicted molar refractivity (Wildman–Crippen MR) is 66.0 cm³/mol. The quantitative estimate of drug-likeness (QED) is 0.751. The van der Waals surface area contributed by atoms with Gasteiger partial charge in [-0.05, 0) is 34.7 Å². The maximum atomic E-state index is 5.97. The molecule has 2 rings (SSSR count). The van der Waals surface area contributed by atoms with Crippen LogP contribution in [0.4, 0.5) is 0 Å². The van der Waals surface area contributed by atoms with E-state index in [2.05, 4.69) is 27.6 Å². The number of rotatable bonds is 1. The third-order valence-electron chi connectivity index (χ3n) is 1.98. The summed E-state index contributed by atoms with van der Waals surface area (Å²) in [6.45, 7) is 0. The van der Waals surface area contributed by atoms with Gasteiger partial charge in [-0.3, -0.25) is 4.98 Å². The van der Waals surface area contributed by atoms with E-state index < -0.39 is 0 Å². The first-order chi connectivity index (χ1) is 6.72. The first-order valence-corrected chi connectivity index (χ1v) is 5.45. The minimum atomic E-state index is 0.679. The van der Waals surface area contributed by atoms with Crippen molar-refractivity contribution in [2.24, 2.45) is 0 Å². The molecule has 0 atom stereocenters. The molecule has 1 aromatic heterocycles. The van der Waals surface area contributed by atoms with Crippen molar-refractivity contribution in [3.05, 3.63) is 33.1 Å². The number of fused-ring (bicyclic) bond motifs is 1. The predicted octanol–water partition coefficient (Wildman–Crippen LogP) is 3.50. The van der Waals surface area contributed by atoms with Gasteiger partial charge in [-0.1, -0.05) is 11.6 Å². The van der Waals surface area contributed by atoms with Crippen molar-refractivity contribution < 1.29 is 4.74 Å². The summed E-state index contributed by atoms with van der Waals surface area (Å²) >= 11 is 8.20. The molecule has 0 saturated carbocycles. The van der Waals surface area contributed by atoms with Crippen LogP contribution in [0.2, 0.25) is 5.02 Å². The van der Waals surface area contributed by atoms with Gasteiger partial charge in [0.2, 0.25) is 0 Å². The van der Waals surface area contributed by atoms with Crippen LogP contribution in [0.25, 0.3) is 10.8 Å². The molecule has 0 saturated heterocycles. The lowest BCUT2D eigenvalue weighted by molar-refractivity contribution is 0.419. The van der Waals surface area contributed by atoms with Gasteiger partial charge in [0, 0.05) is 31.8 Å². The van der Waals surface area contributed by atoms with Crippen molar-refractivity contribution >= 4 is 45.0 Å². The number of benzene rings is 1. The molecule has 0 radical (unpaired) electrons. The van der Waals surface area contributed by atoms with E-state index in [1.807, 2.05) is 6.07 Å². The summed E-state index contributed by atoms with van der Waals surface area (Å²) in [6.07, 6.45) is 3.59. The zero-order valence-electron chi connectivity index (χ0n) is 7.42. The highest BCUT2D eigenvalue weighted by atomic mass is 127. The largest absolute Gasteiger partial charge is 0.496 e. The zero-order chi connectivity index (χ0) is 10.1. The lowest BCUT2D eigenvalue weighted by Crippen LogP contribution is -1.88. The molecule has 72 valence electrons. The monoisotopic (exact) mass is 319 g/mol. The van der Waals surface area contributed by atoms with Crippen LogP contribution in [0.3, 0.4) is 0 Å². The maximum Gasteiger partial charge on any atom is 0.129 e. The number of nitrogens with zero attached hydrogens (tertiary/aromatic N) is 1. The molecule has 0 aliphatic carbocycles. The van der Waals surface area contributed by atoms with Gasteiger partial charge in [-0.25, -0.2) is 0 Å². The summed E-state index contributed by atoms with van der Waals surface area (Å²) in [6, 6.07) is 3.71. The lowest BCUT2D eigenvalue weighted by Gasteiger charge is -2.06. The Morgan fingerprint density at radius 3 is 2.79 bits per heavy atom. The minimum Gasteiger partial charge on any atom is -0.496 e. The molecule has 0 aliphatic rings. The smallest absolute Gasteiger partial charge is 0.129 e. The van der Waals surface area contributed by atoms with Gasteiger partial charge in [-0.15, -0.1) is 0 Å². The molecule has 0 amide bonds. The summed E-state index contributed by atoms with van der Waals surface area (Å²) in [5, 5.41) is 2.74. The Bertz CT molecular complexity index is 487. The van der Waals surface area contributed by atoms with E-state index in [1.54, 1.807) is 25.6 Å². The van der Waals surface area contributed by atoms with Gasteiger partial charge in [0.05, 0.1) is 7.11 Å². The molecule has 0 spiro atoms. The first kappa shape index (κ1) is 9.98. The maximum absolute atomic E-state index is 5.97. The summed E-state index contributed by atoms with van der Waals surface area (Å²) < 4.78 is 6.31. The van der Waals surface area contributed by atoms with Gasteiger partial charge in [-0.2, -0.15) is 0 Å². The van der Waals surface area contributed by atoms with E-state index in [-0.39, 0.29) is 0 Å². The van der Waals surface area contributed by atoms with Crippen LogP contribution >= 0.6 is 34.2 Å². The molecular weight excluding hydrogens is 312 g/mol. The number of hydrogen-bond acceptors (Lipinski definition) is 2. The van der Waals surface area contributed by atoms with Crippen LogP contribution in [0, 0.1) is 3.57 Å². The van der Waals surface area contributed by atoms with Gasteiger partial charge >= 0.3 is 0 Å². The average molecular weight is 320 g/mol. The first-order valence-electron chi connectivity index (χ1n) is 3.99. The Labute approximate surface area is 100 Å². The van der Waals surface area contributed by atoms with Crippen molar-refractivity contribution in [1.29, 1.82) is 0 Å². The molecule has 4 heteroatoms. The number of methoxy groups -OCH3 is 1. The molecule has 0 fully saturated rings. The highest BCUT2D eigenvalue weighted by Crippen LogP contribution is 2.31. The molecule has 2 aromatic rings. The van der Waals surface area contributed by atoms with Crippen molar-refractivity contribution in [1.82, 2.24) is 4.98 Å². The molecule has 0 unspecified atom stereocenters. The molecule has 14 heavy (non-hydrogen) atoms. The summed E-state index contributed by atoms with van der Waals surface area (Å²) in [7, 11) is 1.63. The fourth-order valence-electron chi connectivity index (χ4n) is 1.34. The van der Waals surface area contributed by atoms with Gasteiger partial charge in [0.15, 0.2) is 0 Å². The van der Waals surface area contributed by atoms with Crippen LogP contribution < -0.4 is 4.74 Å². The third-order valence-corrected chi connectivity index (χ3v) is 3.05. The molecule has 0 aliphatic heterocycles. The van der Waals surface area contributed by atoms with Crippen LogP contribution in [-0.2, 0) is 0 Å². The summed E-state index contributed by atoms with van der Waals surface area (Å²) in [4.78, 5) is 4.12. The van der Waals surface area contributed by atoms with E-state index >= 15 is 0 Å². The van der Waals surface area contributed by atoms with E-state index in [0.29, 0.717) is 5.02 Å². The second kappa shape index (κ2) is 3.90. The van der Waals surface area contributed by atoms with E-state index in [4.69, 9.17) is 16.3 Å². The fourth-order valence-corrected chi connectivity index (χ4v) is 2.15. The summed E-state index contributed by atoms with van der Waals surface area (Å²) in [5.74, 6) is 0.763. The average Bonchev–Trinajstić information content (AvgIpc) is 2.18. The number of ether oxygens (including phenoxy) is 1. The molecule has 0 bridgehead atoms. The SMILES string of the molecule is COc1cc(Cl)cc2c(I)cncc12. The van der Waals surface area contributed by atoms with Gasteiger partial charge in [0.1, 0.15) is 5.75 Å². The van der Waals surface area contributed by atoms with Gasteiger partial charge in [0.25, 0.3) is 0 Å². The van der Waals surface area contributed by atoms with Crippen LogP contribution in [0.1, 0.15) is 0 Å². The third kappa shape index (κ3) is 1.66. The van der Waals surface area contributed by atoms with Crippen molar-refractivity contribution in [3.63, 3.8) is 0 Å². The Morgan fingerprint density at radius 2 is 2.07 bits per heavy atom. The number of pyridine rings is 1. The number of halogens is 2. The lowest BCUT2D eigenvalue weighted by atomic mass is 10.1. The van der Waals surface area contributed by atoms with Crippen LogP contribution in [0.5, 0.6) is 5.75 Å². The van der Waals surface area contributed by atoms with Crippen molar-refractivity contribution in [2.75, 3.05) is 7.11 Å². The fraction of sp³-hybridized carbons (Fsp3) is 0.100. The minimum absolute atomic E-state index is 0.679. The Kier molecular flexibility index (Phi) is 2.78. The van der Waals surface area contributed by atoms with Crippen LogP contribution in [0.15, 0.2) is 24.5 Å². The summed E-state index contributed by atoms with van der Waals surface area (Å²) in [5.41, 5.74) is 0. The number of hydrogen-bond donors (Lipinski definition) is 0. The molecule has 1 heterocycles. The standard InChI is InChI=1S/C10H7ClINO/c1-14-10-3-6(11)2-7-8(10)4-13-5-9(7)12/h2-5H,1H3. The molecule has 2 nitrogen and oxygen atoms in total. The van der Waals surface area contributed by atoms with Gasteiger partial charge < -0.3 is 4.74 Å². The second-order valence-corrected chi connectivity index (χ2v) is 4.42. The van der Waals surface area contributed by atoms with E-state index in [9.17, 15) is 0 Å². The highest BCUT2D eigenvalue weighted by Gasteiger charge is 2.06. The Hall–Kier alpha value is -0.550. The van der Waals surface area contributed by atoms with Crippen molar-refractivity contribution in [3.8, 4) is 5.75 Å². The molecule has 1 aromatic carbocycles. The topological polar surface area (TPSA) is 22.1 Å². The Morgan fingerprint density at radius 1 is 1.29 bits per heavy atom. The normalized spacial score (nSPS) is 10.5. The molecular formula is C10H7ClINO.